The van der Waals surface area contributed by atoms with Crippen LogP contribution < -0.4 is 10.5 Å². The molecular weight excluding hydrogens is 301 g/mol. The SMILES string of the molecule is CCCC(CCC)c1ccc(-c2ccc(OCC)c(N)c2F)cc1. The minimum Gasteiger partial charge on any atom is -0.492 e. The molecule has 0 radical (unpaired) electrons. The molecule has 2 N–H and O–H groups in total. The zero-order chi connectivity index (χ0) is 17.5. The summed E-state index contributed by atoms with van der Waals surface area (Å²) in [5.41, 5.74) is 8.64. The molecule has 24 heavy (non-hydrogen) atoms. The number of hydrogen-bond donors (Lipinski definition) is 1. The first-order valence-electron chi connectivity index (χ1n) is 8.93. The quantitative estimate of drug-likeness (QED) is 0.589. The molecule has 0 aliphatic heterocycles. The third kappa shape index (κ3) is 4.08. The van der Waals surface area contributed by atoms with Gasteiger partial charge in [0.25, 0.3) is 0 Å². The monoisotopic (exact) mass is 329 g/mol. The summed E-state index contributed by atoms with van der Waals surface area (Å²) in [6.45, 7) is 6.76. The van der Waals surface area contributed by atoms with E-state index in [-0.39, 0.29) is 5.69 Å². The Morgan fingerprint density at radius 3 is 2.12 bits per heavy atom. The van der Waals surface area contributed by atoms with Gasteiger partial charge in [-0.25, -0.2) is 4.39 Å². The summed E-state index contributed by atoms with van der Waals surface area (Å²) in [5, 5.41) is 0. The van der Waals surface area contributed by atoms with Crippen molar-refractivity contribution in [1.82, 2.24) is 0 Å². The van der Waals surface area contributed by atoms with E-state index in [0.717, 1.165) is 5.56 Å². The Morgan fingerprint density at radius 2 is 1.58 bits per heavy atom. The smallest absolute Gasteiger partial charge is 0.157 e. The van der Waals surface area contributed by atoms with Crippen molar-refractivity contribution < 1.29 is 9.13 Å². The van der Waals surface area contributed by atoms with Gasteiger partial charge in [-0.1, -0.05) is 51.0 Å². The van der Waals surface area contributed by atoms with Crippen LogP contribution in [0.4, 0.5) is 10.1 Å². The molecule has 0 spiro atoms. The maximum Gasteiger partial charge on any atom is 0.157 e. The van der Waals surface area contributed by atoms with E-state index < -0.39 is 5.82 Å². The van der Waals surface area contributed by atoms with Crippen molar-refractivity contribution in [2.24, 2.45) is 0 Å². The van der Waals surface area contributed by atoms with Gasteiger partial charge in [0.1, 0.15) is 11.4 Å². The van der Waals surface area contributed by atoms with Crippen molar-refractivity contribution in [1.29, 1.82) is 0 Å². The molecule has 130 valence electrons. The van der Waals surface area contributed by atoms with Gasteiger partial charge in [-0.2, -0.15) is 0 Å². The number of rotatable bonds is 8. The average Bonchev–Trinajstić information content (AvgIpc) is 2.59. The highest BCUT2D eigenvalue weighted by Gasteiger charge is 2.14. The van der Waals surface area contributed by atoms with Gasteiger partial charge in [0.2, 0.25) is 0 Å². The van der Waals surface area contributed by atoms with Crippen LogP contribution in [0.3, 0.4) is 0 Å². The van der Waals surface area contributed by atoms with Gasteiger partial charge in [0.05, 0.1) is 6.61 Å². The van der Waals surface area contributed by atoms with Crippen LogP contribution >= 0.6 is 0 Å². The minimum atomic E-state index is -0.410. The summed E-state index contributed by atoms with van der Waals surface area (Å²) >= 11 is 0. The number of hydrogen-bond acceptors (Lipinski definition) is 2. The number of anilines is 1. The van der Waals surface area contributed by atoms with E-state index in [1.54, 1.807) is 12.1 Å². The Labute approximate surface area is 144 Å². The molecule has 0 amide bonds. The third-order valence-corrected chi connectivity index (χ3v) is 4.41. The summed E-state index contributed by atoms with van der Waals surface area (Å²) in [4.78, 5) is 0. The van der Waals surface area contributed by atoms with Crippen LogP contribution in [-0.2, 0) is 0 Å². The fraction of sp³-hybridized carbons (Fsp3) is 0.429. The molecule has 0 heterocycles. The molecule has 2 nitrogen and oxygen atoms in total. The van der Waals surface area contributed by atoms with Crippen LogP contribution in [0.5, 0.6) is 5.75 Å². The summed E-state index contributed by atoms with van der Waals surface area (Å²) in [7, 11) is 0. The highest BCUT2D eigenvalue weighted by atomic mass is 19.1. The molecule has 0 saturated carbocycles. The van der Waals surface area contributed by atoms with Crippen LogP contribution in [0.25, 0.3) is 11.1 Å². The molecule has 0 bridgehead atoms. The van der Waals surface area contributed by atoms with Crippen LogP contribution in [0.1, 0.15) is 57.9 Å². The molecule has 2 rings (SSSR count). The zero-order valence-electron chi connectivity index (χ0n) is 14.9. The topological polar surface area (TPSA) is 35.2 Å². The van der Waals surface area contributed by atoms with Gasteiger partial charge >= 0.3 is 0 Å². The van der Waals surface area contributed by atoms with Crippen molar-refractivity contribution in [3.8, 4) is 16.9 Å². The lowest BCUT2D eigenvalue weighted by Gasteiger charge is -2.16. The fourth-order valence-corrected chi connectivity index (χ4v) is 3.19. The normalized spacial score (nSPS) is 11.0. The average molecular weight is 329 g/mol. The van der Waals surface area contributed by atoms with E-state index in [4.69, 9.17) is 10.5 Å². The molecule has 0 fully saturated rings. The summed E-state index contributed by atoms with van der Waals surface area (Å²) in [6.07, 6.45) is 4.74. The molecule has 0 atom stereocenters. The first-order valence-corrected chi connectivity index (χ1v) is 8.93. The van der Waals surface area contributed by atoms with E-state index in [2.05, 4.69) is 26.0 Å². The van der Waals surface area contributed by atoms with Crippen LogP contribution in [0, 0.1) is 5.82 Å². The van der Waals surface area contributed by atoms with Gasteiger partial charge in [-0.05, 0) is 48.9 Å². The Morgan fingerprint density at radius 1 is 0.958 bits per heavy atom. The summed E-state index contributed by atoms with van der Waals surface area (Å²) < 4.78 is 19.9. The predicted molar refractivity (Wildman–Crippen MR) is 100.0 cm³/mol. The molecule has 2 aromatic carbocycles. The van der Waals surface area contributed by atoms with Gasteiger partial charge in [0, 0.05) is 5.56 Å². The van der Waals surface area contributed by atoms with Gasteiger partial charge in [-0.15, -0.1) is 0 Å². The molecule has 2 aromatic rings. The first kappa shape index (κ1) is 18.3. The van der Waals surface area contributed by atoms with Crippen molar-refractivity contribution >= 4 is 5.69 Å². The number of nitrogen functional groups attached to an aromatic ring is 1. The number of benzene rings is 2. The first-order chi connectivity index (χ1) is 11.6. The van der Waals surface area contributed by atoms with E-state index in [1.165, 1.54) is 31.2 Å². The van der Waals surface area contributed by atoms with Crippen molar-refractivity contribution in [2.45, 2.75) is 52.4 Å². The van der Waals surface area contributed by atoms with Crippen LogP contribution in [0.2, 0.25) is 0 Å². The second-order valence-electron chi connectivity index (χ2n) is 6.17. The largest absolute Gasteiger partial charge is 0.492 e. The molecule has 0 unspecified atom stereocenters. The lowest BCUT2D eigenvalue weighted by Crippen LogP contribution is -2.01. The highest BCUT2D eigenvalue weighted by Crippen LogP contribution is 2.34. The Hall–Kier alpha value is -2.03. The molecule has 0 saturated heterocycles. The van der Waals surface area contributed by atoms with E-state index in [9.17, 15) is 4.39 Å². The number of halogens is 1. The minimum absolute atomic E-state index is 0.0771. The van der Waals surface area contributed by atoms with E-state index in [0.29, 0.717) is 23.8 Å². The number of ether oxygens (including phenoxy) is 1. The van der Waals surface area contributed by atoms with Crippen LogP contribution in [0.15, 0.2) is 36.4 Å². The third-order valence-electron chi connectivity index (χ3n) is 4.41. The summed E-state index contributed by atoms with van der Waals surface area (Å²) in [6, 6.07) is 11.7. The van der Waals surface area contributed by atoms with Crippen LogP contribution in [-0.4, -0.2) is 6.61 Å². The summed E-state index contributed by atoms with van der Waals surface area (Å²) in [5.74, 6) is 0.581. The maximum atomic E-state index is 14.6. The van der Waals surface area contributed by atoms with E-state index in [1.807, 2.05) is 19.1 Å². The Balaban J connectivity index is 2.29. The Bertz CT molecular complexity index is 646. The van der Waals surface area contributed by atoms with E-state index >= 15 is 0 Å². The predicted octanol–water partition coefficient (Wildman–Crippen LogP) is 6.16. The van der Waals surface area contributed by atoms with Gasteiger partial charge < -0.3 is 10.5 Å². The van der Waals surface area contributed by atoms with Gasteiger partial charge in [0.15, 0.2) is 5.82 Å². The Kier molecular flexibility index (Phi) is 6.65. The van der Waals surface area contributed by atoms with Crippen molar-refractivity contribution in [2.75, 3.05) is 12.3 Å². The maximum absolute atomic E-state index is 14.6. The molecule has 3 heteroatoms. The van der Waals surface area contributed by atoms with Gasteiger partial charge in [-0.3, -0.25) is 0 Å². The lowest BCUT2D eigenvalue weighted by molar-refractivity contribution is 0.340. The van der Waals surface area contributed by atoms with Crippen molar-refractivity contribution in [3.05, 3.63) is 47.8 Å². The standard InChI is InChI=1S/C21H28FNO/c1-4-7-15(8-5-2)16-9-11-17(12-10-16)18-13-14-19(24-6-3)21(23)20(18)22/h9-15H,4-8,23H2,1-3H3. The van der Waals surface area contributed by atoms with Crippen molar-refractivity contribution in [3.63, 3.8) is 0 Å². The second-order valence-corrected chi connectivity index (χ2v) is 6.17. The highest BCUT2D eigenvalue weighted by molar-refractivity contribution is 5.72. The number of nitrogens with two attached hydrogens (primary N) is 1. The lowest BCUT2D eigenvalue weighted by atomic mass is 9.89. The molecule has 0 aromatic heterocycles. The zero-order valence-corrected chi connectivity index (χ0v) is 14.9. The molecule has 0 aliphatic rings. The fourth-order valence-electron chi connectivity index (χ4n) is 3.19. The molecular formula is C21H28FNO. The molecule has 0 aliphatic carbocycles. The second kappa shape index (κ2) is 8.72.